The van der Waals surface area contributed by atoms with Crippen LogP contribution in [0.1, 0.15) is 24.2 Å². The van der Waals surface area contributed by atoms with Crippen LogP contribution >= 0.6 is 22.9 Å². The molecule has 3 heterocycles. The minimum Gasteiger partial charge on any atom is -0.395 e. The van der Waals surface area contributed by atoms with E-state index in [0.717, 1.165) is 10.0 Å². The number of nitrogens with one attached hydrogen (secondary N) is 1. The van der Waals surface area contributed by atoms with Gasteiger partial charge in [0.25, 0.3) is 0 Å². The maximum absolute atomic E-state index is 12.2. The van der Waals surface area contributed by atoms with E-state index < -0.39 is 15.3 Å². The second-order valence-electron chi connectivity index (χ2n) is 7.88. The SMILES string of the molecule is CCC(c1cccc(-c2nc(N3CCOCC3)sc2-c2ccnc(NCCO)n2)c1Cl)S(N)(=O)=O. The molecule has 10 nitrogen and oxygen atoms in total. The molecule has 0 saturated carbocycles. The lowest BCUT2D eigenvalue weighted by Gasteiger charge is -2.26. The van der Waals surface area contributed by atoms with Gasteiger partial charge in [-0.05, 0) is 18.1 Å². The highest BCUT2D eigenvalue weighted by atomic mass is 35.5. The number of nitrogens with zero attached hydrogens (tertiary/aromatic N) is 4. The number of hydrogen-bond donors (Lipinski definition) is 3. The summed E-state index contributed by atoms with van der Waals surface area (Å²) in [6, 6.07) is 7.04. The fourth-order valence-corrected chi connectivity index (χ4v) is 6.43. The molecule has 188 valence electrons. The van der Waals surface area contributed by atoms with Crippen molar-refractivity contribution in [3.05, 3.63) is 41.0 Å². The molecule has 1 aromatic carbocycles. The highest BCUT2D eigenvalue weighted by Gasteiger charge is 2.28. The quantitative estimate of drug-likeness (QED) is 0.374. The highest BCUT2D eigenvalue weighted by molar-refractivity contribution is 7.89. The molecule has 1 atom stereocenters. The van der Waals surface area contributed by atoms with Gasteiger partial charge in [-0.15, -0.1) is 0 Å². The highest BCUT2D eigenvalue weighted by Crippen LogP contribution is 2.44. The standard InChI is InChI=1S/C22H27ClN6O4S2/c1-2-17(35(24,31)32)14-4-3-5-15(18(14)23)19-20(16-6-7-25-21(27-16)26-8-11-30)34-22(28-19)29-9-12-33-13-10-29/h3-7,17,30H,2,8-13H2,1H3,(H2,24,31,32)(H,25,26,27). The lowest BCUT2D eigenvalue weighted by molar-refractivity contribution is 0.122. The third-order valence-corrected chi connectivity index (χ3v) is 8.52. The van der Waals surface area contributed by atoms with Crippen molar-refractivity contribution in [2.24, 2.45) is 5.14 Å². The number of nitrogens with two attached hydrogens (primary N) is 1. The molecular formula is C22H27ClN6O4S2. The second-order valence-corrected chi connectivity index (χ2v) is 11.0. The summed E-state index contributed by atoms with van der Waals surface area (Å²) < 4.78 is 29.9. The number of anilines is 2. The number of aliphatic hydroxyl groups is 1. The molecule has 1 unspecified atom stereocenters. The number of halogens is 1. The van der Waals surface area contributed by atoms with Crippen molar-refractivity contribution >= 4 is 44.0 Å². The number of sulfonamides is 1. The van der Waals surface area contributed by atoms with Gasteiger partial charge in [0.1, 0.15) is 5.25 Å². The average molecular weight is 539 g/mol. The summed E-state index contributed by atoms with van der Waals surface area (Å²) in [6.07, 6.45) is 1.92. The van der Waals surface area contributed by atoms with Crippen LogP contribution in [-0.4, -0.2) is 67.9 Å². The van der Waals surface area contributed by atoms with Crippen LogP contribution in [0.5, 0.6) is 0 Å². The Bertz CT molecular complexity index is 1280. The molecule has 1 fully saturated rings. The predicted octanol–water partition coefficient (Wildman–Crippen LogP) is 2.90. The molecule has 35 heavy (non-hydrogen) atoms. The monoisotopic (exact) mass is 538 g/mol. The van der Waals surface area contributed by atoms with Gasteiger partial charge in [-0.3, -0.25) is 0 Å². The first-order chi connectivity index (χ1) is 16.8. The van der Waals surface area contributed by atoms with Crippen LogP contribution in [0.2, 0.25) is 5.02 Å². The Balaban J connectivity index is 1.86. The van der Waals surface area contributed by atoms with E-state index in [1.54, 1.807) is 31.3 Å². The third-order valence-electron chi connectivity index (χ3n) is 5.58. The normalized spacial score (nSPS) is 15.3. The van der Waals surface area contributed by atoms with Crippen LogP contribution in [0.3, 0.4) is 0 Å². The Labute approximate surface area is 213 Å². The number of primary sulfonamides is 1. The first-order valence-corrected chi connectivity index (χ1v) is 14.0. The molecule has 0 spiro atoms. The van der Waals surface area contributed by atoms with Crippen LogP contribution in [0.25, 0.3) is 21.8 Å². The summed E-state index contributed by atoms with van der Waals surface area (Å²) in [5, 5.41) is 17.8. The zero-order valence-electron chi connectivity index (χ0n) is 19.1. The van der Waals surface area contributed by atoms with E-state index in [1.807, 2.05) is 6.07 Å². The Morgan fingerprint density at radius 1 is 1.29 bits per heavy atom. The van der Waals surface area contributed by atoms with Gasteiger partial charge in [0, 0.05) is 31.4 Å². The lowest BCUT2D eigenvalue weighted by Crippen LogP contribution is -2.36. The van der Waals surface area contributed by atoms with Crippen molar-refractivity contribution in [2.45, 2.75) is 18.6 Å². The van der Waals surface area contributed by atoms with E-state index >= 15 is 0 Å². The summed E-state index contributed by atoms with van der Waals surface area (Å²) in [7, 11) is -3.85. The Kier molecular flexibility index (Phi) is 8.19. The van der Waals surface area contributed by atoms with E-state index in [2.05, 4.69) is 20.2 Å². The molecule has 1 aliphatic heterocycles. The number of aliphatic hydroxyl groups excluding tert-OH is 1. The number of hydrogen-bond acceptors (Lipinski definition) is 10. The molecule has 0 bridgehead atoms. The number of benzene rings is 1. The van der Waals surface area contributed by atoms with Gasteiger partial charge in [0.15, 0.2) is 5.13 Å². The van der Waals surface area contributed by atoms with Gasteiger partial charge in [0.05, 0.1) is 41.1 Å². The van der Waals surface area contributed by atoms with Crippen molar-refractivity contribution in [1.82, 2.24) is 15.0 Å². The maximum atomic E-state index is 12.2. The zero-order valence-corrected chi connectivity index (χ0v) is 21.5. The fraction of sp³-hybridized carbons (Fsp3) is 0.409. The fourth-order valence-electron chi connectivity index (χ4n) is 3.90. The topological polar surface area (TPSA) is 144 Å². The van der Waals surface area contributed by atoms with E-state index in [4.69, 9.17) is 31.6 Å². The molecule has 4 rings (SSSR count). The molecule has 3 aromatic rings. The summed E-state index contributed by atoms with van der Waals surface area (Å²) in [4.78, 5) is 16.6. The van der Waals surface area contributed by atoms with Crippen LogP contribution in [0, 0.1) is 0 Å². The van der Waals surface area contributed by atoms with Crippen LogP contribution < -0.4 is 15.4 Å². The van der Waals surface area contributed by atoms with Crippen LogP contribution in [0.15, 0.2) is 30.5 Å². The second kappa shape index (κ2) is 11.1. The summed E-state index contributed by atoms with van der Waals surface area (Å²) in [5.74, 6) is 0.379. The van der Waals surface area contributed by atoms with Gasteiger partial charge in [-0.1, -0.05) is 48.1 Å². The molecule has 0 radical (unpaired) electrons. The lowest BCUT2D eigenvalue weighted by atomic mass is 10.0. The maximum Gasteiger partial charge on any atom is 0.223 e. The summed E-state index contributed by atoms with van der Waals surface area (Å²) in [6.45, 7) is 4.65. The molecule has 1 aliphatic rings. The first-order valence-electron chi connectivity index (χ1n) is 11.2. The molecular weight excluding hydrogens is 512 g/mol. The largest absolute Gasteiger partial charge is 0.395 e. The van der Waals surface area contributed by atoms with Crippen molar-refractivity contribution in [3.63, 3.8) is 0 Å². The van der Waals surface area contributed by atoms with Crippen LogP contribution in [0.4, 0.5) is 11.1 Å². The third kappa shape index (κ3) is 5.74. The molecule has 1 saturated heterocycles. The molecule has 4 N–H and O–H groups in total. The number of thiazole rings is 1. The van der Waals surface area contributed by atoms with Gasteiger partial charge >= 0.3 is 0 Å². The first kappa shape index (κ1) is 25.7. The van der Waals surface area contributed by atoms with E-state index in [-0.39, 0.29) is 13.0 Å². The molecule has 0 amide bonds. The summed E-state index contributed by atoms with van der Waals surface area (Å²) >= 11 is 8.29. The molecule has 13 heteroatoms. The van der Waals surface area contributed by atoms with Gasteiger partial charge < -0.3 is 20.1 Å². The van der Waals surface area contributed by atoms with Gasteiger partial charge in [-0.2, -0.15) is 0 Å². The Morgan fingerprint density at radius 2 is 2.06 bits per heavy atom. The minimum atomic E-state index is -3.85. The van der Waals surface area contributed by atoms with Gasteiger partial charge in [-0.25, -0.2) is 28.5 Å². The van der Waals surface area contributed by atoms with Crippen LogP contribution in [-0.2, 0) is 14.8 Å². The van der Waals surface area contributed by atoms with Crippen molar-refractivity contribution < 1.29 is 18.3 Å². The average Bonchev–Trinajstić information content (AvgIpc) is 3.29. The smallest absolute Gasteiger partial charge is 0.223 e. The van der Waals surface area contributed by atoms with Crippen molar-refractivity contribution in [1.29, 1.82) is 0 Å². The predicted molar refractivity (Wildman–Crippen MR) is 138 cm³/mol. The van der Waals surface area contributed by atoms with E-state index in [0.29, 0.717) is 66.3 Å². The Hall–Kier alpha value is -2.35. The number of rotatable bonds is 9. The summed E-state index contributed by atoms with van der Waals surface area (Å²) in [5.41, 5.74) is 2.27. The molecule has 2 aromatic heterocycles. The minimum absolute atomic E-state index is 0.0500. The number of ether oxygens (including phenoxy) is 1. The zero-order chi connectivity index (χ0) is 25.0. The number of morpholine rings is 1. The van der Waals surface area contributed by atoms with Gasteiger partial charge in [0.2, 0.25) is 16.0 Å². The van der Waals surface area contributed by atoms with Crippen molar-refractivity contribution in [3.8, 4) is 21.8 Å². The van der Waals surface area contributed by atoms with Crippen molar-refractivity contribution in [2.75, 3.05) is 49.7 Å². The Morgan fingerprint density at radius 3 is 2.74 bits per heavy atom. The van der Waals surface area contributed by atoms with E-state index in [9.17, 15) is 8.42 Å². The van der Waals surface area contributed by atoms with E-state index in [1.165, 1.54) is 11.3 Å². The molecule has 0 aliphatic carbocycles. The number of aromatic nitrogens is 3.